The SMILES string of the molecule is CCOC(=O)c1c2c(nn1C)CCN(C(=O)c1ccccc1Cl)C2. The van der Waals surface area contributed by atoms with Gasteiger partial charge < -0.3 is 9.64 Å². The maximum absolute atomic E-state index is 12.7. The van der Waals surface area contributed by atoms with Crippen LogP contribution in [0, 0.1) is 0 Å². The van der Waals surface area contributed by atoms with Crippen molar-refractivity contribution < 1.29 is 14.3 Å². The fourth-order valence-corrected chi connectivity index (χ4v) is 3.15. The summed E-state index contributed by atoms with van der Waals surface area (Å²) in [5, 5.41) is 4.81. The average Bonchev–Trinajstić information content (AvgIpc) is 2.89. The molecule has 0 radical (unpaired) electrons. The van der Waals surface area contributed by atoms with Crippen molar-refractivity contribution in [2.24, 2.45) is 7.05 Å². The van der Waals surface area contributed by atoms with Crippen molar-refractivity contribution in [3.05, 3.63) is 51.8 Å². The molecule has 1 amide bonds. The summed E-state index contributed by atoms with van der Waals surface area (Å²) < 4.78 is 6.64. The zero-order valence-electron chi connectivity index (χ0n) is 13.6. The Bertz CT molecular complexity index is 800. The number of hydrogen-bond donors (Lipinski definition) is 0. The number of ether oxygens (including phenoxy) is 1. The van der Waals surface area contributed by atoms with E-state index in [1.165, 1.54) is 4.68 Å². The Morgan fingerprint density at radius 2 is 2.08 bits per heavy atom. The maximum Gasteiger partial charge on any atom is 0.356 e. The van der Waals surface area contributed by atoms with Crippen LogP contribution in [0.15, 0.2) is 24.3 Å². The van der Waals surface area contributed by atoms with Gasteiger partial charge in [-0.3, -0.25) is 9.48 Å². The molecule has 0 saturated carbocycles. The van der Waals surface area contributed by atoms with Gasteiger partial charge in [-0.2, -0.15) is 5.10 Å². The molecule has 0 aliphatic carbocycles. The highest BCUT2D eigenvalue weighted by molar-refractivity contribution is 6.33. The number of carbonyl (C=O) groups excluding carboxylic acids is 2. The number of hydrogen-bond acceptors (Lipinski definition) is 4. The van der Waals surface area contributed by atoms with Crippen LogP contribution < -0.4 is 0 Å². The summed E-state index contributed by atoms with van der Waals surface area (Å²) in [5.74, 6) is -0.564. The van der Waals surface area contributed by atoms with Crippen molar-refractivity contribution in [2.45, 2.75) is 19.9 Å². The first-order valence-corrected chi connectivity index (χ1v) is 8.16. The number of amides is 1. The minimum Gasteiger partial charge on any atom is -0.461 e. The monoisotopic (exact) mass is 347 g/mol. The number of esters is 1. The van der Waals surface area contributed by atoms with Gasteiger partial charge in [0, 0.05) is 25.6 Å². The largest absolute Gasteiger partial charge is 0.461 e. The second-order valence-electron chi connectivity index (χ2n) is 5.57. The summed E-state index contributed by atoms with van der Waals surface area (Å²) in [6, 6.07) is 6.96. The Labute approximate surface area is 145 Å². The molecule has 2 heterocycles. The summed E-state index contributed by atoms with van der Waals surface area (Å²) in [7, 11) is 1.71. The molecule has 7 heteroatoms. The van der Waals surface area contributed by atoms with Crippen molar-refractivity contribution in [3.8, 4) is 0 Å². The third-order valence-electron chi connectivity index (χ3n) is 4.06. The summed E-state index contributed by atoms with van der Waals surface area (Å²) in [4.78, 5) is 26.6. The lowest BCUT2D eigenvalue weighted by atomic mass is 10.0. The summed E-state index contributed by atoms with van der Waals surface area (Å²) in [5.41, 5.74) is 2.46. The Kier molecular flexibility index (Phi) is 4.57. The lowest BCUT2D eigenvalue weighted by molar-refractivity contribution is 0.0508. The minimum atomic E-state index is -0.416. The number of halogens is 1. The van der Waals surface area contributed by atoms with Gasteiger partial charge in [-0.15, -0.1) is 0 Å². The molecule has 6 nitrogen and oxygen atoms in total. The van der Waals surface area contributed by atoms with Gasteiger partial charge in [0.05, 0.1) is 29.4 Å². The molecule has 0 N–H and O–H groups in total. The van der Waals surface area contributed by atoms with Crippen molar-refractivity contribution in [2.75, 3.05) is 13.2 Å². The predicted molar refractivity (Wildman–Crippen MR) is 89.1 cm³/mol. The number of rotatable bonds is 3. The third-order valence-corrected chi connectivity index (χ3v) is 4.39. The molecular weight excluding hydrogens is 330 g/mol. The van der Waals surface area contributed by atoms with Gasteiger partial charge in [-0.1, -0.05) is 23.7 Å². The summed E-state index contributed by atoms with van der Waals surface area (Å²) >= 11 is 6.13. The molecule has 3 rings (SSSR count). The molecule has 0 unspecified atom stereocenters. The lowest BCUT2D eigenvalue weighted by Crippen LogP contribution is -2.36. The van der Waals surface area contributed by atoms with E-state index in [-0.39, 0.29) is 5.91 Å². The first-order chi connectivity index (χ1) is 11.5. The number of aromatic nitrogens is 2. The molecule has 1 aromatic heterocycles. The highest BCUT2D eigenvalue weighted by Gasteiger charge is 2.30. The van der Waals surface area contributed by atoms with E-state index in [1.807, 2.05) is 0 Å². The molecule has 24 heavy (non-hydrogen) atoms. The molecule has 126 valence electrons. The molecule has 0 spiro atoms. The first kappa shape index (κ1) is 16.5. The van der Waals surface area contributed by atoms with Crippen LogP contribution in [0.3, 0.4) is 0 Å². The van der Waals surface area contributed by atoms with E-state index in [2.05, 4.69) is 5.10 Å². The predicted octanol–water partition coefficient (Wildman–Crippen LogP) is 2.45. The van der Waals surface area contributed by atoms with Crippen LogP contribution in [-0.4, -0.2) is 39.7 Å². The van der Waals surface area contributed by atoms with E-state index in [1.54, 1.807) is 43.1 Å². The lowest BCUT2D eigenvalue weighted by Gasteiger charge is -2.27. The van der Waals surface area contributed by atoms with Crippen LogP contribution in [0.4, 0.5) is 0 Å². The molecule has 1 aliphatic heterocycles. The quantitative estimate of drug-likeness (QED) is 0.800. The second-order valence-corrected chi connectivity index (χ2v) is 5.98. The van der Waals surface area contributed by atoms with Crippen LogP contribution >= 0.6 is 11.6 Å². The average molecular weight is 348 g/mol. The maximum atomic E-state index is 12.7. The van der Waals surface area contributed by atoms with Crippen molar-refractivity contribution in [1.29, 1.82) is 0 Å². The Morgan fingerprint density at radius 1 is 1.33 bits per heavy atom. The smallest absolute Gasteiger partial charge is 0.356 e. The van der Waals surface area contributed by atoms with Gasteiger partial charge in [0.15, 0.2) is 5.69 Å². The standard InChI is InChI=1S/C17H18ClN3O3/c1-3-24-17(23)15-12-10-21(9-8-14(12)19-20(15)2)16(22)11-6-4-5-7-13(11)18/h4-7H,3,8-10H2,1-2H3. The highest BCUT2D eigenvalue weighted by Crippen LogP contribution is 2.25. The van der Waals surface area contributed by atoms with Gasteiger partial charge in [0.1, 0.15) is 0 Å². The second kappa shape index (κ2) is 6.65. The summed E-state index contributed by atoms with van der Waals surface area (Å²) in [6.07, 6.45) is 0.596. The van der Waals surface area contributed by atoms with Gasteiger partial charge >= 0.3 is 5.97 Å². The van der Waals surface area contributed by atoms with Crippen molar-refractivity contribution in [1.82, 2.24) is 14.7 Å². The molecule has 1 aromatic carbocycles. The van der Waals surface area contributed by atoms with Gasteiger partial charge in [-0.25, -0.2) is 4.79 Å². The van der Waals surface area contributed by atoms with Gasteiger partial charge in [-0.05, 0) is 19.1 Å². The van der Waals surface area contributed by atoms with E-state index < -0.39 is 5.97 Å². The summed E-state index contributed by atoms with van der Waals surface area (Å²) in [6.45, 7) is 2.91. The topological polar surface area (TPSA) is 64.4 Å². The first-order valence-electron chi connectivity index (χ1n) is 7.78. The van der Waals surface area contributed by atoms with E-state index in [0.29, 0.717) is 42.4 Å². The molecule has 0 atom stereocenters. The van der Waals surface area contributed by atoms with Crippen LogP contribution in [0.1, 0.15) is 39.0 Å². The highest BCUT2D eigenvalue weighted by atomic mass is 35.5. The number of fused-ring (bicyclic) bond motifs is 1. The number of carbonyl (C=O) groups is 2. The Morgan fingerprint density at radius 3 is 2.79 bits per heavy atom. The zero-order chi connectivity index (χ0) is 17.3. The van der Waals surface area contributed by atoms with Crippen molar-refractivity contribution >= 4 is 23.5 Å². The van der Waals surface area contributed by atoms with Crippen LogP contribution in [0.2, 0.25) is 5.02 Å². The van der Waals surface area contributed by atoms with E-state index >= 15 is 0 Å². The van der Waals surface area contributed by atoms with Crippen molar-refractivity contribution in [3.63, 3.8) is 0 Å². The number of nitrogens with zero attached hydrogens (tertiary/aromatic N) is 3. The van der Waals surface area contributed by atoms with Crippen LogP contribution in [-0.2, 0) is 24.8 Å². The van der Waals surface area contributed by atoms with E-state index in [4.69, 9.17) is 16.3 Å². The van der Waals surface area contributed by atoms with Gasteiger partial charge in [0.25, 0.3) is 5.91 Å². The normalized spacial score (nSPS) is 13.5. The number of aryl methyl sites for hydroxylation is 1. The van der Waals surface area contributed by atoms with E-state index in [0.717, 1.165) is 11.3 Å². The molecule has 2 aromatic rings. The van der Waals surface area contributed by atoms with Crippen LogP contribution in [0.25, 0.3) is 0 Å². The fraction of sp³-hybridized carbons (Fsp3) is 0.353. The molecule has 1 aliphatic rings. The Balaban J connectivity index is 1.90. The fourth-order valence-electron chi connectivity index (χ4n) is 2.93. The number of benzene rings is 1. The molecule has 0 saturated heterocycles. The molecular formula is C17H18ClN3O3. The molecule has 0 bridgehead atoms. The third kappa shape index (κ3) is 2.89. The Hall–Kier alpha value is -2.34. The minimum absolute atomic E-state index is 0.148. The zero-order valence-corrected chi connectivity index (χ0v) is 14.3. The van der Waals surface area contributed by atoms with Crippen LogP contribution in [0.5, 0.6) is 0 Å². The van der Waals surface area contributed by atoms with E-state index in [9.17, 15) is 9.59 Å². The van der Waals surface area contributed by atoms with Gasteiger partial charge in [0.2, 0.25) is 0 Å². The molecule has 0 fully saturated rings.